The molecule has 0 aromatic carbocycles. The summed E-state index contributed by atoms with van der Waals surface area (Å²) in [4.78, 5) is 0. The van der Waals surface area contributed by atoms with E-state index >= 15 is 0 Å². The molecule has 0 amide bonds. The normalized spacial score (nSPS) is 12.8. The maximum atomic E-state index is 13.2. The zero-order chi connectivity index (χ0) is 12.5. The molecule has 0 N–H and O–H groups in total. The highest BCUT2D eigenvalue weighted by molar-refractivity contribution is 5.15. The summed E-state index contributed by atoms with van der Waals surface area (Å²) in [7, 11) is 0. The van der Waals surface area contributed by atoms with Crippen LogP contribution < -0.4 is 0 Å². The zero-order valence-electron chi connectivity index (χ0n) is 10.6. The molecule has 2 nitrogen and oxygen atoms in total. The van der Waals surface area contributed by atoms with E-state index in [0.717, 1.165) is 19.0 Å². The van der Waals surface area contributed by atoms with E-state index in [1.807, 2.05) is 13.8 Å². The average Bonchev–Trinajstić information content (AvgIpc) is 2.45. The lowest BCUT2D eigenvalue weighted by Gasteiger charge is -2.12. The van der Waals surface area contributed by atoms with Gasteiger partial charge in [-0.25, -0.2) is 0 Å². The Morgan fingerprint density at radius 3 is 2.25 bits per heavy atom. The van der Waals surface area contributed by atoms with Gasteiger partial charge in [-0.2, -0.15) is 13.9 Å². The summed E-state index contributed by atoms with van der Waals surface area (Å²) in [6.45, 7) is 8.94. The average molecular weight is 230 g/mol. The fourth-order valence-corrected chi connectivity index (χ4v) is 1.67. The molecule has 4 heteroatoms. The van der Waals surface area contributed by atoms with Crippen LogP contribution in [0.25, 0.3) is 0 Å². The lowest BCUT2D eigenvalue weighted by atomic mass is 10.1. The minimum atomic E-state index is -2.86. The van der Waals surface area contributed by atoms with Crippen molar-refractivity contribution < 1.29 is 8.78 Å². The third kappa shape index (κ3) is 3.03. The van der Waals surface area contributed by atoms with Crippen molar-refractivity contribution in [2.75, 3.05) is 0 Å². The van der Waals surface area contributed by atoms with E-state index in [4.69, 9.17) is 0 Å². The molecule has 1 heterocycles. The molecule has 0 radical (unpaired) electrons. The first-order valence-electron chi connectivity index (χ1n) is 5.68. The molecule has 0 spiro atoms. The molecular weight excluding hydrogens is 210 g/mol. The Kier molecular flexibility index (Phi) is 3.71. The minimum Gasteiger partial charge on any atom is -0.267 e. The third-order valence-corrected chi connectivity index (χ3v) is 2.37. The Morgan fingerprint density at radius 2 is 1.88 bits per heavy atom. The highest BCUT2D eigenvalue weighted by Gasteiger charge is 2.29. The number of aromatic nitrogens is 2. The van der Waals surface area contributed by atoms with Crippen LogP contribution in [0.3, 0.4) is 0 Å². The van der Waals surface area contributed by atoms with Gasteiger partial charge in [0.2, 0.25) is 0 Å². The molecule has 92 valence electrons. The lowest BCUT2D eigenvalue weighted by Crippen LogP contribution is -2.12. The van der Waals surface area contributed by atoms with Gasteiger partial charge in [-0.15, -0.1) is 0 Å². The molecule has 0 unspecified atom stereocenters. The van der Waals surface area contributed by atoms with E-state index in [1.165, 1.54) is 6.07 Å². The SMILES string of the molecule is CC(C)Cc1cc(C(C)(F)F)nn1C(C)C. The van der Waals surface area contributed by atoms with E-state index in [1.54, 1.807) is 4.68 Å². The Morgan fingerprint density at radius 1 is 1.31 bits per heavy atom. The van der Waals surface area contributed by atoms with E-state index in [0.29, 0.717) is 5.92 Å². The van der Waals surface area contributed by atoms with E-state index in [-0.39, 0.29) is 11.7 Å². The highest BCUT2D eigenvalue weighted by Crippen LogP contribution is 2.28. The van der Waals surface area contributed by atoms with Crippen molar-refractivity contribution in [1.29, 1.82) is 0 Å². The Hall–Kier alpha value is -0.930. The van der Waals surface area contributed by atoms with Crippen LogP contribution in [0.5, 0.6) is 0 Å². The summed E-state index contributed by atoms with van der Waals surface area (Å²) in [5.74, 6) is -2.42. The van der Waals surface area contributed by atoms with Crippen LogP contribution in [0.4, 0.5) is 8.78 Å². The van der Waals surface area contributed by atoms with Crippen LogP contribution in [-0.2, 0) is 12.3 Å². The van der Waals surface area contributed by atoms with Crippen LogP contribution in [0.15, 0.2) is 6.07 Å². The molecule has 1 aromatic rings. The second kappa shape index (κ2) is 4.52. The maximum Gasteiger partial charge on any atom is 0.288 e. The molecule has 0 saturated carbocycles. The van der Waals surface area contributed by atoms with Gasteiger partial charge in [0.15, 0.2) is 0 Å². The lowest BCUT2D eigenvalue weighted by molar-refractivity contribution is 0.0120. The van der Waals surface area contributed by atoms with Crippen molar-refractivity contribution in [3.63, 3.8) is 0 Å². The molecule has 1 aromatic heterocycles. The molecule has 0 atom stereocenters. The molecule has 0 aliphatic heterocycles. The van der Waals surface area contributed by atoms with Crippen molar-refractivity contribution >= 4 is 0 Å². The van der Waals surface area contributed by atoms with E-state index in [9.17, 15) is 8.78 Å². The van der Waals surface area contributed by atoms with Crippen LogP contribution in [0, 0.1) is 5.92 Å². The first-order chi connectivity index (χ1) is 7.21. The number of alkyl halides is 2. The summed E-state index contributed by atoms with van der Waals surface area (Å²) >= 11 is 0. The molecule has 1 rings (SSSR count). The predicted molar refractivity (Wildman–Crippen MR) is 60.7 cm³/mol. The van der Waals surface area contributed by atoms with Crippen LogP contribution >= 0.6 is 0 Å². The molecule has 16 heavy (non-hydrogen) atoms. The Labute approximate surface area is 95.7 Å². The van der Waals surface area contributed by atoms with Crippen LogP contribution in [0.1, 0.15) is 52.0 Å². The molecule has 0 bridgehead atoms. The molecule has 0 aliphatic carbocycles. The van der Waals surface area contributed by atoms with Gasteiger partial charge in [-0.1, -0.05) is 13.8 Å². The van der Waals surface area contributed by atoms with Crippen molar-refractivity contribution in [2.24, 2.45) is 5.92 Å². The van der Waals surface area contributed by atoms with Crippen molar-refractivity contribution in [3.8, 4) is 0 Å². The Balaban J connectivity index is 3.10. The summed E-state index contributed by atoms with van der Waals surface area (Å²) in [5, 5.41) is 4.00. The monoisotopic (exact) mass is 230 g/mol. The summed E-state index contributed by atoms with van der Waals surface area (Å²) in [6.07, 6.45) is 0.779. The van der Waals surface area contributed by atoms with Gasteiger partial charge in [-0.05, 0) is 32.3 Å². The van der Waals surface area contributed by atoms with Gasteiger partial charge in [0.25, 0.3) is 5.92 Å². The quantitative estimate of drug-likeness (QED) is 0.769. The first-order valence-corrected chi connectivity index (χ1v) is 5.68. The topological polar surface area (TPSA) is 17.8 Å². The highest BCUT2D eigenvalue weighted by atomic mass is 19.3. The summed E-state index contributed by atoms with van der Waals surface area (Å²) in [6, 6.07) is 1.64. The standard InChI is InChI=1S/C12H20F2N2/c1-8(2)6-10-7-11(12(5,13)14)15-16(10)9(3)4/h7-9H,6H2,1-5H3. The fourth-order valence-electron chi connectivity index (χ4n) is 1.67. The van der Waals surface area contributed by atoms with Gasteiger partial charge in [-0.3, -0.25) is 4.68 Å². The maximum absolute atomic E-state index is 13.2. The van der Waals surface area contributed by atoms with Crippen molar-refractivity contribution in [1.82, 2.24) is 9.78 Å². The largest absolute Gasteiger partial charge is 0.288 e. The molecule has 0 fully saturated rings. The second-order valence-electron chi connectivity index (χ2n) is 5.05. The first kappa shape index (κ1) is 13.1. The van der Waals surface area contributed by atoms with Gasteiger partial charge in [0.1, 0.15) is 5.69 Å². The minimum absolute atomic E-state index is 0.116. The van der Waals surface area contributed by atoms with Crippen LogP contribution in [0.2, 0.25) is 0 Å². The number of halogens is 2. The molecular formula is C12H20F2N2. The van der Waals surface area contributed by atoms with Crippen LogP contribution in [-0.4, -0.2) is 9.78 Å². The summed E-state index contributed by atoms with van der Waals surface area (Å²) in [5.41, 5.74) is 0.762. The number of nitrogens with zero attached hydrogens (tertiary/aromatic N) is 2. The van der Waals surface area contributed by atoms with E-state index < -0.39 is 5.92 Å². The van der Waals surface area contributed by atoms with Gasteiger partial charge < -0.3 is 0 Å². The van der Waals surface area contributed by atoms with Gasteiger partial charge >= 0.3 is 0 Å². The smallest absolute Gasteiger partial charge is 0.267 e. The third-order valence-electron chi connectivity index (χ3n) is 2.37. The predicted octanol–water partition coefficient (Wildman–Crippen LogP) is 3.77. The van der Waals surface area contributed by atoms with Crippen molar-refractivity contribution in [2.45, 2.75) is 53.0 Å². The van der Waals surface area contributed by atoms with E-state index in [2.05, 4.69) is 18.9 Å². The molecule has 0 aliphatic rings. The van der Waals surface area contributed by atoms with Crippen molar-refractivity contribution in [3.05, 3.63) is 17.5 Å². The van der Waals surface area contributed by atoms with Gasteiger partial charge in [0, 0.05) is 18.7 Å². The Bertz CT molecular complexity index is 348. The number of hydrogen-bond acceptors (Lipinski definition) is 1. The second-order valence-corrected chi connectivity index (χ2v) is 5.05. The number of rotatable bonds is 4. The molecule has 0 saturated heterocycles. The van der Waals surface area contributed by atoms with Gasteiger partial charge in [0.05, 0.1) is 0 Å². The summed E-state index contributed by atoms with van der Waals surface area (Å²) < 4.78 is 28.0. The zero-order valence-corrected chi connectivity index (χ0v) is 10.6. The fraction of sp³-hybridized carbons (Fsp3) is 0.750. The number of hydrogen-bond donors (Lipinski definition) is 0.